The maximum Gasteiger partial charge on any atom is 0.283 e. The van der Waals surface area contributed by atoms with Crippen LogP contribution in [0.5, 0.6) is 0 Å². The molecule has 0 saturated heterocycles. The van der Waals surface area contributed by atoms with Gasteiger partial charge < -0.3 is 5.32 Å². The number of hydrogen-bond donors (Lipinski definition) is 1. The number of nitrogens with zero attached hydrogens (tertiary/aromatic N) is 1. The number of carbonyl (C=O) groups excluding carboxylic acids is 2. The van der Waals surface area contributed by atoms with E-state index < -0.39 is 11.8 Å². The van der Waals surface area contributed by atoms with Gasteiger partial charge in [-0.2, -0.15) is 0 Å². The molecule has 4 nitrogen and oxygen atoms in total. The summed E-state index contributed by atoms with van der Waals surface area (Å²) >= 11 is 6.14. The predicted molar refractivity (Wildman–Crippen MR) is 94.5 cm³/mol. The Hall–Kier alpha value is -2.59. The number of benzene rings is 2. The van der Waals surface area contributed by atoms with Crippen LogP contribution >= 0.6 is 11.6 Å². The first-order valence-corrected chi connectivity index (χ1v) is 8.03. The highest BCUT2D eigenvalue weighted by atomic mass is 35.5. The van der Waals surface area contributed by atoms with E-state index in [1.165, 1.54) is 0 Å². The predicted octanol–water partition coefficient (Wildman–Crippen LogP) is 3.67. The molecule has 0 spiro atoms. The number of hydrogen-bond acceptors (Lipinski definition) is 3. The van der Waals surface area contributed by atoms with Crippen LogP contribution < -0.4 is 10.2 Å². The second-order valence-electron chi connectivity index (χ2n) is 5.75. The van der Waals surface area contributed by atoms with Crippen LogP contribution in [0.1, 0.15) is 24.1 Å². The largest absolute Gasteiger partial charge is 0.373 e. The van der Waals surface area contributed by atoms with Crippen LogP contribution in [0.4, 0.5) is 5.69 Å². The van der Waals surface area contributed by atoms with Gasteiger partial charge >= 0.3 is 0 Å². The van der Waals surface area contributed by atoms with Crippen LogP contribution in [-0.4, -0.2) is 11.8 Å². The van der Waals surface area contributed by atoms with Crippen molar-refractivity contribution in [3.05, 3.63) is 76.5 Å². The highest BCUT2D eigenvalue weighted by Gasteiger charge is 2.39. The van der Waals surface area contributed by atoms with Gasteiger partial charge in [0.05, 0.1) is 5.69 Å². The van der Waals surface area contributed by atoms with Gasteiger partial charge in [0, 0.05) is 6.04 Å². The van der Waals surface area contributed by atoms with Gasteiger partial charge in [-0.1, -0.05) is 59.6 Å². The number of halogens is 1. The van der Waals surface area contributed by atoms with Crippen molar-refractivity contribution in [3.8, 4) is 0 Å². The van der Waals surface area contributed by atoms with Gasteiger partial charge in [-0.05, 0) is 31.5 Å². The number of imide groups is 1. The third-order valence-electron chi connectivity index (χ3n) is 3.98. The fourth-order valence-corrected chi connectivity index (χ4v) is 2.82. The van der Waals surface area contributed by atoms with Crippen molar-refractivity contribution in [2.75, 3.05) is 4.90 Å². The Balaban J connectivity index is 1.85. The summed E-state index contributed by atoms with van der Waals surface area (Å²) in [6, 6.07) is 16.7. The van der Waals surface area contributed by atoms with E-state index in [1.54, 1.807) is 12.1 Å². The molecule has 0 bridgehead atoms. The van der Waals surface area contributed by atoms with E-state index >= 15 is 0 Å². The highest BCUT2D eigenvalue weighted by molar-refractivity contribution is 6.52. The van der Waals surface area contributed by atoms with Gasteiger partial charge in [-0.25, -0.2) is 4.90 Å². The van der Waals surface area contributed by atoms with Crippen molar-refractivity contribution in [2.24, 2.45) is 0 Å². The van der Waals surface area contributed by atoms with Crippen molar-refractivity contribution in [3.63, 3.8) is 0 Å². The first kappa shape index (κ1) is 16.3. The van der Waals surface area contributed by atoms with E-state index in [-0.39, 0.29) is 16.8 Å². The van der Waals surface area contributed by atoms with Gasteiger partial charge in [-0.3, -0.25) is 9.59 Å². The van der Waals surface area contributed by atoms with Gasteiger partial charge in [0.2, 0.25) is 0 Å². The van der Waals surface area contributed by atoms with Crippen LogP contribution in [0.3, 0.4) is 0 Å². The summed E-state index contributed by atoms with van der Waals surface area (Å²) < 4.78 is 0. The fraction of sp³-hybridized carbons (Fsp3) is 0.158. The summed E-state index contributed by atoms with van der Waals surface area (Å²) in [5.74, 6) is -0.940. The molecule has 2 aromatic rings. The zero-order valence-corrected chi connectivity index (χ0v) is 14.2. The Labute approximate surface area is 145 Å². The molecule has 2 amide bonds. The number of aryl methyl sites for hydroxylation is 1. The van der Waals surface area contributed by atoms with Crippen molar-refractivity contribution >= 4 is 29.1 Å². The third-order valence-corrected chi connectivity index (χ3v) is 4.33. The van der Waals surface area contributed by atoms with E-state index in [4.69, 9.17) is 11.6 Å². The minimum atomic E-state index is -0.506. The summed E-state index contributed by atoms with van der Waals surface area (Å²) in [6.07, 6.45) is 0. The quantitative estimate of drug-likeness (QED) is 0.864. The Morgan fingerprint density at radius 3 is 2.21 bits per heavy atom. The zero-order valence-electron chi connectivity index (χ0n) is 13.4. The second-order valence-corrected chi connectivity index (χ2v) is 6.12. The molecule has 1 heterocycles. The summed E-state index contributed by atoms with van der Waals surface area (Å²) in [7, 11) is 0. The second kappa shape index (κ2) is 6.49. The maximum absolute atomic E-state index is 12.7. The molecule has 122 valence electrons. The molecule has 1 atom stereocenters. The van der Waals surface area contributed by atoms with Crippen LogP contribution in [0.2, 0.25) is 0 Å². The van der Waals surface area contributed by atoms with Crippen molar-refractivity contribution in [1.29, 1.82) is 0 Å². The van der Waals surface area contributed by atoms with Crippen molar-refractivity contribution < 1.29 is 9.59 Å². The SMILES string of the molecule is Cc1ccc(N2C(=O)C(Cl)=C(NC(C)c3ccccc3)C2=O)cc1. The molecule has 0 aromatic heterocycles. The fourth-order valence-electron chi connectivity index (χ4n) is 2.60. The Bertz CT molecular complexity index is 813. The molecule has 1 N–H and O–H groups in total. The van der Waals surface area contributed by atoms with Crippen LogP contribution in [0, 0.1) is 6.92 Å². The maximum atomic E-state index is 12.7. The third kappa shape index (κ3) is 2.93. The highest BCUT2D eigenvalue weighted by Crippen LogP contribution is 2.29. The molecule has 0 aliphatic carbocycles. The van der Waals surface area contributed by atoms with Gasteiger partial charge in [0.15, 0.2) is 0 Å². The molecule has 0 saturated carbocycles. The first-order chi connectivity index (χ1) is 11.5. The average molecular weight is 341 g/mol. The number of amides is 2. The van der Waals surface area contributed by atoms with E-state index in [0.717, 1.165) is 16.0 Å². The van der Waals surface area contributed by atoms with E-state index in [2.05, 4.69) is 5.32 Å². The smallest absolute Gasteiger partial charge is 0.283 e. The lowest BCUT2D eigenvalue weighted by Crippen LogP contribution is -2.34. The lowest BCUT2D eigenvalue weighted by Gasteiger charge is -2.18. The van der Waals surface area contributed by atoms with E-state index in [1.807, 2.05) is 56.3 Å². The molecular formula is C19H17ClN2O2. The zero-order chi connectivity index (χ0) is 17.3. The Kier molecular flexibility index (Phi) is 4.40. The van der Waals surface area contributed by atoms with Gasteiger partial charge in [0.1, 0.15) is 10.7 Å². The lowest BCUT2D eigenvalue weighted by atomic mass is 10.1. The molecule has 3 rings (SSSR count). The van der Waals surface area contributed by atoms with Crippen LogP contribution in [0.15, 0.2) is 65.3 Å². The molecule has 2 aromatic carbocycles. The van der Waals surface area contributed by atoms with Gasteiger partial charge in [0.25, 0.3) is 11.8 Å². The summed E-state index contributed by atoms with van der Waals surface area (Å²) in [5, 5.41) is 2.99. The molecule has 5 heteroatoms. The van der Waals surface area contributed by atoms with Crippen molar-refractivity contribution in [2.45, 2.75) is 19.9 Å². The minimum absolute atomic E-state index is 0.0802. The minimum Gasteiger partial charge on any atom is -0.373 e. The van der Waals surface area contributed by atoms with Crippen LogP contribution in [0.25, 0.3) is 0 Å². The van der Waals surface area contributed by atoms with Gasteiger partial charge in [-0.15, -0.1) is 0 Å². The number of anilines is 1. The summed E-state index contributed by atoms with van der Waals surface area (Å²) in [6.45, 7) is 3.86. The molecule has 0 radical (unpaired) electrons. The standard InChI is InChI=1S/C19H17ClN2O2/c1-12-8-10-15(11-9-12)22-18(23)16(20)17(19(22)24)21-13(2)14-6-4-3-5-7-14/h3-11,13,21H,1-2H3. The average Bonchev–Trinajstić information content (AvgIpc) is 2.80. The monoisotopic (exact) mass is 340 g/mol. The Morgan fingerprint density at radius 2 is 1.58 bits per heavy atom. The first-order valence-electron chi connectivity index (χ1n) is 7.65. The number of nitrogens with one attached hydrogen (secondary N) is 1. The summed E-state index contributed by atoms with van der Waals surface area (Å²) in [4.78, 5) is 26.2. The molecular weight excluding hydrogens is 324 g/mol. The summed E-state index contributed by atoms with van der Waals surface area (Å²) in [5.41, 5.74) is 2.70. The lowest BCUT2D eigenvalue weighted by molar-refractivity contribution is -0.120. The topological polar surface area (TPSA) is 49.4 Å². The Morgan fingerprint density at radius 1 is 0.958 bits per heavy atom. The van der Waals surface area contributed by atoms with Crippen LogP contribution in [-0.2, 0) is 9.59 Å². The van der Waals surface area contributed by atoms with E-state index in [0.29, 0.717) is 5.69 Å². The normalized spacial score (nSPS) is 15.9. The molecule has 0 fully saturated rings. The molecule has 1 aliphatic heterocycles. The van der Waals surface area contributed by atoms with E-state index in [9.17, 15) is 9.59 Å². The van der Waals surface area contributed by atoms with Crippen molar-refractivity contribution in [1.82, 2.24) is 5.32 Å². The number of carbonyl (C=O) groups is 2. The molecule has 24 heavy (non-hydrogen) atoms. The number of rotatable bonds is 4. The molecule has 1 aliphatic rings. The molecule has 1 unspecified atom stereocenters.